The van der Waals surface area contributed by atoms with E-state index >= 15 is 0 Å². The number of hydrogen-bond acceptors (Lipinski definition) is 6. The molecule has 9 nitrogen and oxygen atoms in total. The van der Waals surface area contributed by atoms with Crippen molar-refractivity contribution in [2.24, 2.45) is 0 Å². The van der Waals surface area contributed by atoms with Crippen molar-refractivity contribution in [2.45, 2.75) is 26.1 Å². The summed E-state index contributed by atoms with van der Waals surface area (Å²) in [5.41, 5.74) is 6.65. The molecule has 0 aliphatic rings. The van der Waals surface area contributed by atoms with Crippen molar-refractivity contribution in [3.05, 3.63) is 66.1 Å². The van der Waals surface area contributed by atoms with Gasteiger partial charge in [-0.15, -0.1) is 0 Å². The standard InChI is InChI=1S/C23H18F4N8O/c1-11(2)35-21-18(20(28)30-10-31-21)19(33-35)12-5-6-34-16(9-29-17(34)7-12)22(36)32-13-3-4-15(24)14(8-13)23(25,26)27/h3-11H,1-2H3,(H,32,36)(H2,28,30,31). The maximum Gasteiger partial charge on any atom is 0.419 e. The van der Waals surface area contributed by atoms with Crippen LogP contribution in [-0.4, -0.2) is 35.0 Å². The van der Waals surface area contributed by atoms with Crippen LogP contribution in [0.3, 0.4) is 0 Å². The van der Waals surface area contributed by atoms with E-state index in [0.717, 1.165) is 6.07 Å². The molecule has 0 fully saturated rings. The SMILES string of the molecule is CC(C)n1nc(-c2ccn3c(C(=O)Nc4ccc(F)c(C(F)(F)F)c4)cnc3c2)c2c(N)ncnc21. The monoisotopic (exact) mass is 498 g/mol. The molecule has 3 N–H and O–H groups in total. The molecule has 0 spiro atoms. The molecule has 13 heteroatoms. The molecule has 1 aromatic carbocycles. The van der Waals surface area contributed by atoms with Gasteiger partial charge in [-0.25, -0.2) is 24.0 Å². The second-order valence-corrected chi connectivity index (χ2v) is 8.28. The number of carbonyl (C=O) groups is 1. The summed E-state index contributed by atoms with van der Waals surface area (Å²) in [6, 6.07) is 5.63. The van der Waals surface area contributed by atoms with Crippen molar-refractivity contribution in [1.29, 1.82) is 0 Å². The molecule has 1 amide bonds. The van der Waals surface area contributed by atoms with Crippen LogP contribution in [-0.2, 0) is 6.18 Å². The highest BCUT2D eigenvalue weighted by atomic mass is 19.4. The Bertz CT molecular complexity index is 1640. The predicted octanol–water partition coefficient (Wildman–Crippen LogP) is 4.71. The van der Waals surface area contributed by atoms with E-state index in [0.29, 0.717) is 40.1 Å². The summed E-state index contributed by atoms with van der Waals surface area (Å²) in [5, 5.41) is 7.59. The van der Waals surface area contributed by atoms with Crippen molar-refractivity contribution in [2.75, 3.05) is 11.1 Å². The van der Waals surface area contributed by atoms with Crippen LogP contribution >= 0.6 is 0 Å². The highest BCUT2D eigenvalue weighted by Crippen LogP contribution is 2.34. The lowest BCUT2D eigenvalue weighted by atomic mass is 10.1. The van der Waals surface area contributed by atoms with Gasteiger partial charge in [0.15, 0.2) is 5.65 Å². The molecule has 0 saturated heterocycles. The molecule has 5 aromatic rings. The van der Waals surface area contributed by atoms with Crippen LogP contribution in [0.5, 0.6) is 0 Å². The molecule has 0 radical (unpaired) electrons. The molecular weight excluding hydrogens is 480 g/mol. The Hall–Kier alpha value is -4.55. The highest BCUT2D eigenvalue weighted by Gasteiger charge is 2.34. The average Bonchev–Trinajstić information content (AvgIpc) is 3.42. The number of rotatable bonds is 4. The zero-order chi connectivity index (χ0) is 25.8. The summed E-state index contributed by atoms with van der Waals surface area (Å²) in [4.78, 5) is 25.4. The van der Waals surface area contributed by atoms with Crippen molar-refractivity contribution in [1.82, 2.24) is 29.1 Å². The van der Waals surface area contributed by atoms with Crippen molar-refractivity contribution in [3.63, 3.8) is 0 Å². The number of anilines is 2. The lowest BCUT2D eigenvalue weighted by Gasteiger charge is -2.11. The van der Waals surface area contributed by atoms with E-state index in [1.165, 1.54) is 16.9 Å². The third-order valence-corrected chi connectivity index (χ3v) is 5.56. The van der Waals surface area contributed by atoms with Gasteiger partial charge in [-0.3, -0.25) is 9.20 Å². The Morgan fingerprint density at radius 2 is 1.89 bits per heavy atom. The number of fused-ring (bicyclic) bond motifs is 2. The average molecular weight is 498 g/mol. The molecule has 0 aliphatic heterocycles. The fourth-order valence-electron chi connectivity index (χ4n) is 3.87. The summed E-state index contributed by atoms with van der Waals surface area (Å²) in [6.45, 7) is 3.91. The van der Waals surface area contributed by atoms with Crippen LogP contribution in [0.1, 0.15) is 35.9 Å². The lowest BCUT2D eigenvalue weighted by Crippen LogP contribution is -2.16. The lowest BCUT2D eigenvalue weighted by molar-refractivity contribution is -0.139. The minimum Gasteiger partial charge on any atom is -0.383 e. The van der Waals surface area contributed by atoms with E-state index in [1.54, 1.807) is 23.0 Å². The molecule has 4 aromatic heterocycles. The van der Waals surface area contributed by atoms with Gasteiger partial charge in [0.1, 0.15) is 35.0 Å². The Labute approximate surface area is 200 Å². The van der Waals surface area contributed by atoms with Gasteiger partial charge < -0.3 is 11.1 Å². The zero-order valence-corrected chi connectivity index (χ0v) is 18.9. The second kappa shape index (κ2) is 8.29. The quantitative estimate of drug-likeness (QED) is 0.347. The number of nitrogens with zero attached hydrogens (tertiary/aromatic N) is 6. The minimum absolute atomic E-state index is 0.00493. The minimum atomic E-state index is -4.90. The number of nitrogens with two attached hydrogens (primary N) is 1. The van der Waals surface area contributed by atoms with Gasteiger partial charge in [0.25, 0.3) is 5.91 Å². The van der Waals surface area contributed by atoms with E-state index in [9.17, 15) is 22.4 Å². The maximum atomic E-state index is 13.6. The molecule has 0 saturated carbocycles. The van der Waals surface area contributed by atoms with Crippen molar-refractivity contribution < 1.29 is 22.4 Å². The van der Waals surface area contributed by atoms with Crippen molar-refractivity contribution >= 4 is 34.1 Å². The number of aromatic nitrogens is 6. The number of carbonyl (C=O) groups excluding carboxylic acids is 1. The van der Waals surface area contributed by atoms with Gasteiger partial charge >= 0.3 is 6.18 Å². The van der Waals surface area contributed by atoms with Crippen LogP contribution in [0.25, 0.3) is 27.9 Å². The highest BCUT2D eigenvalue weighted by molar-refractivity contribution is 6.04. The number of amides is 1. The number of halogens is 4. The zero-order valence-electron chi connectivity index (χ0n) is 18.9. The molecule has 0 atom stereocenters. The molecule has 0 aliphatic carbocycles. The topological polar surface area (TPSA) is 116 Å². The summed E-state index contributed by atoms with van der Waals surface area (Å²) in [5.74, 6) is -1.88. The van der Waals surface area contributed by atoms with E-state index < -0.39 is 23.5 Å². The van der Waals surface area contributed by atoms with Gasteiger partial charge in [0.05, 0.1) is 17.1 Å². The smallest absolute Gasteiger partial charge is 0.383 e. The van der Waals surface area contributed by atoms with Crippen LogP contribution in [0.4, 0.5) is 29.1 Å². The summed E-state index contributed by atoms with van der Waals surface area (Å²) < 4.78 is 55.8. The Morgan fingerprint density at radius 1 is 1.11 bits per heavy atom. The second-order valence-electron chi connectivity index (χ2n) is 8.28. The first kappa shape index (κ1) is 23.2. The van der Waals surface area contributed by atoms with Crippen LogP contribution < -0.4 is 11.1 Å². The van der Waals surface area contributed by atoms with E-state index in [-0.39, 0.29) is 23.2 Å². The first-order valence-electron chi connectivity index (χ1n) is 10.7. The van der Waals surface area contributed by atoms with Gasteiger partial charge in [-0.2, -0.15) is 18.3 Å². The normalized spacial score (nSPS) is 12.1. The van der Waals surface area contributed by atoms with Gasteiger partial charge in [0.2, 0.25) is 0 Å². The van der Waals surface area contributed by atoms with E-state index in [4.69, 9.17) is 5.73 Å². The molecule has 4 heterocycles. The fourth-order valence-corrected chi connectivity index (χ4v) is 3.87. The first-order chi connectivity index (χ1) is 17.0. The Kier molecular flexibility index (Phi) is 5.34. The predicted molar refractivity (Wildman–Crippen MR) is 124 cm³/mol. The fraction of sp³-hybridized carbons (Fsp3) is 0.174. The van der Waals surface area contributed by atoms with E-state index in [1.807, 2.05) is 13.8 Å². The van der Waals surface area contributed by atoms with Crippen molar-refractivity contribution in [3.8, 4) is 11.3 Å². The van der Waals surface area contributed by atoms with Gasteiger partial charge in [0, 0.05) is 23.5 Å². The third-order valence-electron chi connectivity index (χ3n) is 5.56. The maximum absolute atomic E-state index is 13.6. The number of nitrogen functional groups attached to an aromatic ring is 1. The molecule has 184 valence electrons. The third kappa shape index (κ3) is 3.87. The molecule has 5 rings (SSSR count). The number of benzene rings is 1. The number of hydrogen-bond donors (Lipinski definition) is 2. The van der Waals surface area contributed by atoms with Gasteiger partial charge in [-0.1, -0.05) is 0 Å². The number of pyridine rings is 1. The first-order valence-corrected chi connectivity index (χ1v) is 10.7. The Balaban J connectivity index is 1.51. The number of alkyl halides is 3. The summed E-state index contributed by atoms with van der Waals surface area (Å²) in [7, 11) is 0. The molecule has 0 unspecified atom stereocenters. The Morgan fingerprint density at radius 3 is 2.61 bits per heavy atom. The van der Waals surface area contributed by atoms with E-state index in [2.05, 4.69) is 25.4 Å². The number of imidazole rings is 1. The van der Waals surface area contributed by atoms with Crippen LogP contribution in [0, 0.1) is 5.82 Å². The summed E-state index contributed by atoms with van der Waals surface area (Å²) in [6.07, 6.45) is -0.668. The van der Waals surface area contributed by atoms with Gasteiger partial charge in [-0.05, 0) is 44.2 Å². The largest absolute Gasteiger partial charge is 0.419 e. The molecular formula is C23H18F4N8O. The molecule has 0 bridgehead atoms. The molecule has 36 heavy (non-hydrogen) atoms. The van der Waals surface area contributed by atoms with Crippen LogP contribution in [0.2, 0.25) is 0 Å². The van der Waals surface area contributed by atoms with Crippen LogP contribution in [0.15, 0.2) is 49.1 Å². The summed E-state index contributed by atoms with van der Waals surface area (Å²) >= 11 is 0. The number of nitrogens with one attached hydrogen (secondary N) is 1.